The summed E-state index contributed by atoms with van der Waals surface area (Å²) in [5.41, 5.74) is 0. The standard InChI is InChI=1S/C18H28N4O4/c1-2-19-18(21-8-7-20-17(23)15-6-4-11-25-15)22-9-12-26-16(13-22)14-5-3-10-24-14/h4,6,11,14,16H,2-3,5,7-10,12-13H2,1H3,(H,19,21)(H,20,23). The molecule has 2 aliphatic rings. The van der Waals surface area contributed by atoms with Crippen molar-refractivity contribution in [3.8, 4) is 0 Å². The number of nitrogens with zero attached hydrogens (tertiary/aromatic N) is 2. The van der Waals surface area contributed by atoms with Gasteiger partial charge in [-0.15, -0.1) is 0 Å². The van der Waals surface area contributed by atoms with E-state index in [2.05, 4.69) is 20.5 Å². The van der Waals surface area contributed by atoms with E-state index in [1.807, 2.05) is 6.92 Å². The molecule has 8 nitrogen and oxygen atoms in total. The average Bonchev–Trinajstić information content (AvgIpc) is 3.38. The van der Waals surface area contributed by atoms with Crippen molar-refractivity contribution in [3.63, 3.8) is 0 Å². The van der Waals surface area contributed by atoms with Gasteiger partial charge in [0.2, 0.25) is 0 Å². The van der Waals surface area contributed by atoms with Crippen molar-refractivity contribution in [1.82, 2.24) is 15.5 Å². The molecule has 0 spiro atoms. The Balaban J connectivity index is 1.50. The van der Waals surface area contributed by atoms with Crippen molar-refractivity contribution in [1.29, 1.82) is 0 Å². The van der Waals surface area contributed by atoms with Gasteiger partial charge < -0.3 is 29.4 Å². The van der Waals surface area contributed by atoms with Gasteiger partial charge >= 0.3 is 0 Å². The average molecular weight is 364 g/mol. The molecule has 3 heterocycles. The number of hydrogen-bond acceptors (Lipinski definition) is 5. The maximum Gasteiger partial charge on any atom is 0.287 e. The van der Waals surface area contributed by atoms with Crippen LogP contribution in [0.25, 0.3) is 0 Å². The van der Waals surface area contributed by atoms with Crippen LogP contribution in [0.2, 0.25) is 0 Å². The van der Waals surface area contributed by atoms with Crippen LogP contribution in [0, 0.1) is 0 Å². The lowest BCUT2D eigenvalue weighted by atomic mass is 10.1. The second kappa shape index (κ2) is 9.59. The molecule has 2 N–H and O–H groups in total. The Hall–Kier alpha value is -2.06. The lowest BCUT2D eigenvalue weighted by molar-refractivity contribution is -0.0817. The van der Waals surface area contributed by atoms with Gasteiger partial charge in [0, 0.05) is 32.8 Å². The van der Waals surface area contributed by atoms with E-state index in [4.69, 9.17) is 13.9 Å². The van der Waals surface area contributed by atoms with Gasteiger partial charge in [0.25, 0.3) is 5.91 Å². The molecule has 3 rings (SSSR count). The van der Waals surface area contributed by atoms with Crippen molar-refractivity contribution < 1.29 is 18.7 Å². The maximum absolute atomic E-state index is 11.9. The molecule has 1 amide bonds. The van der Waals surface area contributed by atoms with E-state index in [1.165, 1.54) is 6.26 Å². The summed E-state index contributed by atoms with van der Waals surface area (Å²) in [6, 6.07) is 3.33. The highest BCUT2D eigenvalue weighted by molar-refractivity contribution is 5.91. The second-order valence-electron chi connectivity index (χ2n) is 6.38. The Labute approximate surface area is 153 Å². The predicted molar refractivity (Wildman–Crippen MR) is 97.3 cm³/mol. The van der Waals surface area contributed by atoms with Crippen molar-refractivity contribution in [2.24, 2.45) is 4.99 Å². The Morgan fingerprint density at radius 2 is 2.19 bits per heavy atom. The second-order valence-corrected chi connectivity index (χ2v) is 6.38. The van der Waals surface area contributed by atoms with Gasteiger partial charge in [0.1, 0.15) is 6.10 Å². The van der Waals surface area contributed by atoms with Crippen molar-refractivity contribution in [2.75, 3.05) is 45.9 Å². The summed E-state index contributed by atoms with van der Waals surface area (Å²) in [5.74, 6) is 0.944. The zero-order chi connectivity index (χ0) is 18.2. The number of nitrogens with one attached hydrogen (secondary N) is 2. The number of carbonyl (C=O) groups is 1. The van der Waals surface area contributed by atoms with Crippen LogP contribution in [0.1, 0.15) is 30.3 Å². The molecule has 0 aromatic carbocycles. The first-order valence-corrected chi connectivity index (χ1v) is 9.36. The number of amides is 1. The summed E-state index contributed by atoms with van der Waals surface area (Å²) >= 11 is 0. The van der Waals surface area contributed by atoms with Crippen LogP contribution in [0.15, 0.2) is 27.8 Å². The third-order valence-electron chi connectivity index (χ3n) is 4.51. The highest BCUT2D eigenvalue weighted by Crippen LogP contribution is 2.21. The first-order chi connectivity index (χ1) is 12.8. The quantitative estimate of drug-likeness (QED) is 0.442. The van der Waals surface area contributed by atoms with E-state index in [-0.39, 0.29) is 18.1 Å². The van der Waals surface area contributed by atoms with Gasteiger partial charge in [-0.25, -0.2) is 0 Å². The first kappa shape index (κ1) is 18.7. The normalized spacial score (nSPS) is 23.9. The van der Waals surface area contributed by atoms with Gasteiger partial charge in [-0.3, -0.25) is 9.79 Å². The largest absolute Gasteiger partial charge is 0.459 e. The highest BCUT2D eigenvalue weighted by Gasteiger charge is 2.32. The zero-order valence-electron chi connectivity index (χ0n) is 15.3. The molecule has 144 valence electrons. The molecule has 2 unspecified atom stereocenters. The van der Waals surface area contributed by atoms with Crippen LogP contribution in [-0.4, -0.2) is 74.9 Å². The fraction of sp³-hybridized carbons (Fsp3) is 0.667. The maximum atomic E-state index is 11.9. The van der Waals surface area contributed by atoms with Crippen molar-refractivity contribution in [2.45, 2.75) is 32.0 Å². The third kappa shape index (κ3) is 4.98. The predicted octanol–water partition coefficient (Wildman–Crippen LogP) is 0.855. The van der Waals surface area contributed by atoms with Crippen LogP contribution in [0.4, 0.5) is 0 Å². The van der Waals surface area contributed by atoms with E-state index in [0.29, 0.717) is 25.5 Å². The van der Waals surface area contributed by atoms with Crippen LogP contribution >= 0.6 is 0 Å². The number of rotatable bonds is 6. The minimum Gasteiger partial charge on any atom is -0.459 e. The Morgan fingerprint density at radius 1 is 1.31 bits per heavy atom. The molecule has 26 heavy (non-hydrogen) atoms. The highest BCUT2D eigenvalue weighted by atomic mass is 16.5. The Kier molecular flexibility index (Phi) is 6.90. The van der Waals surface area contributed by atoms with Gasteiger partial charge in [-0.05, 0) is 31.9 Å². The van der Waals surface area contributed by atoms with Crippen LogP contribution in [0.3, 0.4) is 0 Å². The molecule has 1 aromatic heterocycles. The number of ether oxygens (including phenoxy) is 2. The van der Waals surface area contributed by atoms with E-state index >= 15 is 0 Å². The molecule has 0 radical (unpaired) electrons. The fourth-order valence-electron chi connectivity index (χ4n) is 3.24. The number of furan rings is 1. The molecule has 1 aromatic rings. The molecule has 2 saturated heterocycles. The van der Waals surface area contributed by atoms with Crippen LogP contribution in [-0.2, 0) is 9.47 Å². The van der Waals surface area contributed by atoms with Crippen LogP contribution in [0.5, 0.6) is 0 Å². The third-order valence-corrected chi connectivity index (χ3v) is 4.51. The SMILES string of the molecule is CCNC(=NCCNC(=O)c1ccco1)N1CCOC(C2CCCO2)C1. The van der Waals surface area contributed by atoms with Crippen molar-refractivity contribution >= 4 is 11.9 Å². The molecule has 2 fully saturated rings. The number of morpholine rings is 1. The number of aliphatic imine (C=N–C) groups is 1. The van der Waals surface area contributed by atoms with Gasteiger partial charge in [-0.2, -0.15) is 0 Å². The molecule has 0 bridgehead atoms. The molecule has 0 aliphatic carbocycles. The summed E-state index contributed by atoms with van der Waals surface area (Å²) in [5, 5.41) is 6.14. The lowest BCUT2D eigenvalue weighted by Gasteiger charge is -2.37. The molecule has 0 saturated carbocycles. The Bertz CT molecular complexity index is 584. The molecule has 2 atom stereocenters. The Morgan fingerprint density at radius 3 is 2.92 bits per heavy atom. The fourth-order valence-corrected chi connectivity index (χ4v) is 3.24. The van der Waals surface area contributed by atoms with Gasteiger partial charge in [0.15, 0.2) is 11.7 Å². The van der Waals surface area contributed by atoms with E-state index in [1.54, 1.807) is 12.1 Å². The zero-order valence-corrected chi connectivity index (χ0v) is 15.3. The van der Waals surface area contributed by atoms with Gasteiger partial charge in [-0.1, -0.05) is 0 Å². The lowest BCUT2D eigenvalue weighted by Crippen LogP contribution is -2.53. The van der Waals surface area contributed by atoms with Gasteiger partial charge in [0.05, 0.1) is 25.5 Å². The topological polar surface area (TPSA) is 88.3 Å². The summed E-state index contributed by atoms with van der Waals surface area (Å²) < 4.78 is 16.7. The monoisotopic (exact) mass is 364 g/mol. The summed E-state index contributed by atoms with van der Waals surface area (Å²) in [6.07, 6.45) is 3.93. The summed E-state index contributed by atoms with van der Waals surface area (Å²) in [4.78, 5) is 18.7. The van der Waals surface area contributed by atoms with E-state index in [9.17, 15) is 4.79 Å². The van der Waals surface area contributed by atoms with E-state index in [0.717, 1.165) is 45.0 Å². The van der Waals surface area contributed by atoms with Crippen molar-refractivity contribution in [3.05, 3.63) is 24.2 Å². The number of guanidine groups is 1. The minimum absolute atomic E-state index is 0.0914. The molecular formula is C18H28N4O4. The van der Waals surface area contributed by atoms with Crippen LogP contribution < -0.4 is 10.6 Å². The minimum atomic E-state index is -0.222. The number of carbonyl (C=O) groups excluding carboxylic acids is 1. The smallest absolute Gasteiger partial charge is 0.287 e. The molecule has 2 aliphatic heterocycles. The number of hydrogen-bond donors (Lipinski definition) is 2. The summed E-state index contributed by atoms with van der Waals surface area (Å²) in [7, 11) is 0. The molecular weight excluding hydrogens is 336 g/mol. The van der Waals surface area contributed by atoms with E-state index < -0.39 is 0 Å². The summed E-state index contributed by atoms with van der Waals surface area (Å²) in [6.45, 7) is 6.86. The molecule has 8 heteroatoms. The first-order valence-electron chi connectivity index (χ1n) is 9.36.